The van der Waals surface area contributed by atoms with Crippen LogP contribution in [-0.2, 0) is 12.8 Å². The fraction of sp³-hybridized carbons (Fsp3) is 0.789. The molecule has 3 rings (SSSR count). The average molecular weight is 306 g/mol. The number of thiophene rings is 1. The lowest BCUT2D eigenvalue weighted by atomic mass is 9.90. The monoisotopic (exact) mass is 305 g/mol. The Morgan fingerprint density at radius 1 is 1.10 bits per heavy atom. The van der Waals surface area contributed by atoms with Crippen LogP contribution in [0.4, 0.5) is 0 Å². The Kier molecular flexibility index (Phi) is 5.76. The summed E-state index contributed by atoms with van der Waals surface area (Å²) in [6.45, 7) is 3.46. The number of fused-ring (bicyclic) bond motifs is 1. The van der Waals surface area contributed by atoms with E-state index >= 15 is 0 Å². The minimum Gasteiger partial charge on any atom is -0.309 e. The van der Waals surface area contributed by atoms with Crippen LogP contribution in [0.1, 0.15) is 86.1 Å². The Labute approximate surface area is 134 Å². The maximum Gasteiger partial charge on any atom is 0.0443 e. The summed E-state index contributed by atoms with van der Waals surface area (Å²) in [4.78, 5) is 3.36. The first kappa shape index (κ1) is 15.6. The molecule has 1 heterocycles. The minimum atomic E-state index is 0.638. The lowest BCUT2D eigenvalue weighted by molar-refractivity contribution is 0.329. The number of hydrogen-bond acceptors (Lipinski definition) is 2. The molecule has 0 spiro atoms. The highest BCUT2D eigenvalue weighted by Crippen LogP contribution is 2.39. The first-order valence-electron chi connectivity index (χ1n) is 9.23. The molecule has 0 bridgehead atoms. The lowest BCUT2D eigenvalue weighted by Gasteiger charge is -2.26. The van der Waals surface area contributed by atoms with Gasteiger partial charge in [-0.25, -0.2) is 0 Å². The van der Waals surface area contributed by atoms with Crippen LogP contribution >= 0.6 is 11.3 Å². The molecule has 1 fully saturated rings. The van der Waals surface area contributed by atoms with Gasteiger partial charge in [0.25, 0.3) is 0 Å². The van der Waals surface area contributed by atoms with Gasteiger partial charge in [-0.15, -0.1) is 11.3 Å². The molecule has 118 valence electrons. The van der Waals surface area contributed by atoms with Crippen molar-refractivity contribution in [3.63, 3.8) is 0 Å². The summed E-state index contributed by atoms with van der Waals surface area (Å²) in [6, 6.07) is 3.20. The van der Waals surface area contributed by atoms with E-state index in [4.69, 9.17) is 0 Å². The molecule has 2 aliphatic carbocycles. The molecule has 0 amide bonds. The molecule has 0 aliphatic heterocycles. The van der Waals surface area contributed by atoms with E-state index < -0.39 is 0 Å². The maximum absolute atomic E-state index is 3.90. The number of hydrogen-bond donors (Lipinski definition) is 1. The van der Waals surface area contributed by atoms with Crippen LogP contribution in [0.15, 0.2) is 6.07 Å². The van der Waals surface area contributed by atoms with Gasteiger partial charge in [-0.2, -0.15) is 0 Å². The summed E-state index contributed by atoms with van der Waals surface area (Å²) in [5.74, 6) is 0.874. The third-order valence-corrected chi connectivity index (χ3v) is 6.63. The summed E-state index contributed by atoms with van der Waals surface area (Å²) < 4.78 is 0. The van der Waals surface area contributed by atoms with E-state index in [1.807, 2.05) is 0 Å². The summed E-state index contributed by atoms with van der Waals surface area (Å²) in [6.07, 6.45) is 15.4. The van der Waals surface area contributed by atoms with Crippen LogP contribution in [0.5, 0.6) is 0 Å². The normalized spacial score (nSPS) is 21.8. The second kappa shape index (κ2) is 7.78. The second-order valence-corrected chi connectivity index (χ2v) is 8.16. The van der Waals surface area contributed by atoms with Gasteiger partial charge in [0, 0.05) is 15.8 Å². The largest absolute Gasteiger partial charge is 0.309 e. The van der Waals surface area contributed by atoms with Crippen molar-refractivity contribution in [2.45, 2.75) is 83.6 Å². The summed E-state index contributed by atoms with van der Waals surface area (Å²) in [5, 5.41) is 3.90. The highest BCUT2D eigenvalue weighted by Gasteiger charge is 2.26. The average Bonchev–Trinajstić information content (AvgIpc) is 2.75. The topological polar surface area (TPSA) is 12.0 Å². The van der Waals surface area contributed by atoms with Crippen LogP contribution < -0.4 is 5.32 Å². The van der Waals surface area contributed by atoms with E-state index in [1.54, 1.807) is 15.3 Å². The fourth-order valence-electron chi connectivity index (χ4n) is 4.11. The highest BCUT2D eigenvalue weighted by atomic mass is 32.1. The highest BCUT2D eigenvalue weighted by molar-refractivity contribution is 7.12. The Hall–Kier alpha value is -0.340. The van der Waals surface area contributed by atoms with Gasteiger partial charge < -0.3 is 5.32 Å². The predicted molar refractivity (Wildman–Crippen MR) is 93.2 cm³/mol. The maximum atomic E-state index is 3.90. The van der Waals surface area contributed by atoms with E-state index in [1.165, 1.54) is 77.2 Å². The zero-order valence-electron chi connectivity index (χ0n) is 13.6. The fourth-order valence-corrected chi connectivity index (χ4v) is 5.54. The summed E-state index contributed by atoms with van der Waals surface area (Å²) in [5.41, 5.74) is 1.68. The van der Waals surface area contributed by atoms with Crippen molar-refractivity contribution in [2.24, 2.45) is 5.92 Å². The van der Waals surface area contributed by atoms with E-state index in [0.717, 1.165) is 5.92 Å². The third-order valence-electron chi connectivity index (χ3n) is 5.31. The summed E-state index contributed by atoms with van der Waals surface area (Å²) >= 11 is 2.13. The van der Waals surface area contributed by atoms with E-state index in [2.05, 4.69) is 29.6 Å². The van der Waals surface area contributed by atoms with Crippen molar-refractivity contribution in [2.75, 3.05) is 6.54 Å². The van der Waals surface area contributed by atoms with Crippen molar-refractivity contribution in [3.05, 3.63) is 21.4 Å². The number of aryl methyl sites for hydroxylation is 2. The predicted octanol–water partition coefficient (Wildman–Crippen LogP) is 5.64. The van der Waals surface area contributed by atoms with Crippen LogP contribution in [0.2, 0.25) is 0 Å². The van der Waals surface area contributed by atoms with Gasteiger partial charge in [-0.1, -0.05) is 32.6 Å². The van der Waals surface area contributed by atoms with Crippen molar-refractivity contribution in [1.29, 1.82) is 0 Å². The van der Waals surface area contributed by atoms with Gasteiger partial charge in [-0.3, -0.25) is 0 Å². The van der Waals surface area contributed by atoms with Gasteiger partial charge in [0.1, 0.15) is 0 Å². The molecule has 1 saturated carbocycles. The summed E-state index contributed by atoms with van der Waals surface area (Å²) in [7, 11) is 0. The van der Waals surface area contributed by atoms with Crippen molar-refractivity contribution >= 4 is 11.3 Å². The SMILES string of the molecule is CCCNC(c1cc2c(s1)CCCC2)C1CCCCCC1. The Morgan fingerprint density at radius 2 is 1.86 bits per heavy atom. The Balaban J connectivity index is 1.78. The van der Waals surface area contributed by atoms with Crippen LogP contribution in [0.25, 0.3) is 0 Å². The van der Waals surface area contributed by atoms with Gasteiger partial charge in [0.15, 0.2) is 0 Å². The zero-order chi connectivity index (χ0) is 14.5. The molecule has 1 atom stereocenters. The molecule has 0 saturated heterocycles. The van der Waals surface area contributed by atoms with Gasteiger partial charge in [0.05, 0.1) is 0 Å². The molecular formula is C19H31NS. The quantitative estimate of drug-likeness (QED) is 0.694. The van der Waals surface area contributed by atoms with Gasteiger partial charge in [0.2, 0.25) is 0 Å². The molecule has 1 aromatic heterocycles. The molecule has 0 aromatic carbocycles. The zero-order valence-corrected chi connectivity index (χ0v) is 14.4. The smallest absolute Gasteiger partial charge is 0.0443 e. The van der Waals surface area contributed by atoms with Crippen molar-refractivity contribution in [3.8, 4) is 0 Å². The lowest BCUT2D eigenvalue weighted by Crippen LogP contribution is -2.28. The third kappa shape index (κ3) is 3.90. The standard InChI is InChI=1S/C19H31NS/c1-2-13-20-19(15-9-5-3-4-6-10-15)18-14-16-11-7-8-12-17(16)21-18/h14-15,19-20H,2-13H2,1H3. The van der Waals surface area contributed by atoms with Crippen LogP contribution in [0.3, 0.4) is 0 Å². The Morgan fingerprint density at radius 3 is 2.57 bits per heavy atom. The Bertz CT molecular complexity index is 405. The van der Waals surface area contributed by atoms with E-state index in [-0.39, 0.29) is 0 Å². The van der Waals surface area contributed by atoms with Crippen molar-refractivity contribution in [1.82, 2.24) is 5.32 Å². The molecule has 1 aromatic rings. The molecular weight excluding hydrogens is 274 g/mol. The van der Waals surface area contributed by atoms with Crippen molar-refractivity contribution < 1.29 is 0 Å². The molecule has 1 nitrogen and oxygen atoms in total. The molecule has 2 heteroatoms. The number of rotatable bonds is 5. The van der Waals surface area contributed by atoms with Crippen LogP contribution in [0, 0.1) is 5.92 Å². The van der Waals surface area contributed by atoms with Gasteiger partial charge >= 0.3 is 0 Å². The molecule has 2 aliphatic rings. The molecule has 1 unspecified atom stereocenters. The second-order valence-electron chi connectivity index (χ2n) is 6.99. The first-order valence-corrected chi connectivity index (χ1v) is 10.0. The van der Waals surface area contributed by atoms with Crippen LogP contribution in [-0.4, -0.2) is 6.54 Å². The molecule has 0 radical (unpaired) electrons. The molecule has 1 N–H and O–H groups in total. The first-order chi connectivity index (χ1) is 10.4. The van der Waals surface area contributed by atoms with E-state index in [0.29, 0.717) is 6.04 Å². The van der Waals surface area contributed by atoms with E-state index in [9.17, 15) is 0 Å². The minimum absolute atomic E-state index is 0.638. The van der Waals surface area contributed by atoms with Gasteiger partial charge in [-0.05, 0) is 69.0 Å². The number of nitrogens with one attached hydrogen (secondary N) is 1. The molecule has 21 heavy (non-hydrogen) atoms.